The van der Waals surface area contributed by atoms with Crippen molar-refractivity contribution < 1.29 is 9.18 Å². The summed E-state index contributed by atoms with van der Waals surface area (Å²) < 4.78 is 13.4. The van der Waals surface area contributed by atoms with Crippen LogP contribution in [0.4, 0.5) is 15.8 Å². The largest absolute Gasteiger partial charge is 0.371 e. The summed E-state index contributed by atoms with van der Waals surface area (Å²) in [5.41, 5.74) is 1.74. The molecule has 2 heterocycles. The molecule has 26 heavy (non-hydrogen) atoms. The average Bonchev–Trinajstić information content (AvgIpc) is 3.07. The zero-order chi connectivity index (χ0) is 18.5. The Hall–Kier alpha value is -2.64. The third-order valence-electron chi connectivity index (χ3n) is 5.10. The highest BCUT2D eigenvalue weighted by molar-refractivity contribution is 5.79. The molecule has 2 aliphatic rings. The highest BCUT2D eigenvalue weighted by atomic mass is 19.1. The number of likely N-dealkylation sites (tertiary alicyclic amines) is 1. The van der Waals surface area contributed by atoms with E-state index in [9.17, 15) is 9.18 Å². The minimum atomic E-state index is -1.10. The monoisotopic (exact) mass is 355 g/mol. The van der Waals surface area contributed by atoms with Crippen molar-refractivity contribution in [3.8, 4) is 6.07 Å². The van der Waals surface area contributed by atoms with Gasteiger partial charge in [0.1, 0.15) is 12.2 Å². The van der Waals surface area contributed by atoms with Crippen LogP contribution in [0.25, 0.3) is 4.85 Å². The summed E-state index contributed by atoms with van der Waals surface area (Å²) in [6, 6.07) is 9.19. The third-order valence-corrected chi connectivity index (χ3v) is 5.10. The van der Waals surface area contributed by atoms with Crippen LogP contribution < -0.4 is 10.2 Å². The van der Waals surface area contributed by atoms with E-state index in [1.807, 2.05) is 30.3 Å². The summed E-state index contributed by atoms with van der Waals surface area (Å²) in [5, 5.41) is 12.3. The number of nitrogens with zero attached hydrogens (tertiary/aromatic N) is 4. The molecular weight excluding hydrogens is 333 g/mol. The summed E-state index contributed by atoms with van der Waals surface area (Å²) in [6.45, 7) is 8.92. The molecule has 1 aromatic rings. The Morgan fingerprint density at radius 1 is 1.35 bits per heavy atom. The van der Waals surface area contributed by atoms with Crippen LogP contribution in [0.2, 0.25) is 0 Å². The molecule has 0 radical (unpaired) electrons. The van der Waals surface area contributed by atoms with Gasteiger partial charge in [-0.15, -0.1) is 0 Å². The summed E-state index contributed by atoms with van der Waals surface area (Å²) >= 11 is 0. The van der Waals surface area contributed by atoms with Crippen LogP contribution in [-0.4, -0.2) is 55.2 Å². The number of carbonyl (C=O) groups excluding carboxylic acids is 1. The number of alkyl halides is 1. The molecule has 1 amide bonds. The molecule has 0 spiro atoms. The molecular formula is C19H22FN5O. The number of carbonyl (C=O) groups is 1. The van der Waals surface area contributed by atoms with E-state index < -0.39 is 12.2 Å². The van der Waals surface area contributed by atoms with Crippen molar-refractivity contribution in [2.75, 3.05) is 31.1 Å². The fourth-order valence-electron chi connectivity index (χ4n) is 3.60. The maximum absolute atomic E-state index is 13.4. The van der Waals surface area contributed by atoms with Crippen LogP contribution in [0.1, 0.15) is 19.3 Å². The number of hydrogen-bond donors (Lipinski definition) is 1. The summed E-state index contributed by atoms with van der Waals surface area (Å²) in [4.78, 5) is 19.3. The number of hydrogen-bond acceptors (Lipinski definition) is 4. The van der Waals surface area contributed by atoms with Gasteiger partial charge in [0.2, 0.25) is 5.91 Å². The minimum absolute atomic E-state index is 0.0256. The molecule has 1 N–H and O–H groups in total. The lowest BCUT2D eigenvalue weighted by Crippen LogP contribution is -2.47. The highest BCUT2D eigenvalue weighted by Gasteiger charge is 2.35. The highest BCUT2D eigenvalue weighted by Crippen LogP contribution is 2.23. The Balaban J connectivity index is 1.45. The zero-order valence-corrected chi connectivity index (χ0v) is 14.6. The van der Waals surface area contributed by atoms with Crippen molar-refractivity contribution in [1.29, 1.82) is 5.26 Å². The standard InChI is InChI=1S/C19H22FN5O/c1-22-15-2-4-17(5-3-15)24-8-6-16(7-9-24)23-12-19(26)25-13-14(20)10-18(25)11-21/h2-5,14,16,18,23H,6-10,12-13H2/t14-,18-/m0/s1. The summed E-state index contributed by atoms with van der Waals surface area (Å²) in [7, 11) is 0. The fourth-order valence-corrected chi connectivity index (χ4v) is 3.60. The molecule has 136 valence electrons. The number of benzene rings is 1. The molecule has 2 fully saturated rings. The predicted molar refractivity (Wildman–Crippen MR) is 96.6 cm³/mol. The van der Waals surface area contributed by atoms with Crippen LogP contribution in [0.3, 0.4) is 0 Å². The first kappa shape index (κ1) is 18.2. The average molecular weight is 355 g/mol. The van der Waals surface area contributed by atoms with Crippen LogP contribution >= 0.6 is 0 Å². The number of halogens is 1. The van der Waals surface area contributed by atoms with E-state index in [-0.39, 0.29) is 31.5 Å². The molecule has 0 bridgehead atoms. The molecule has 7 heteroatoms. The molecule has 2 atom stereocenters. The Morgan fingerprint density at radius 3 is 2.65 bits per heavy atom. The quantitative estimate of drug-likeness (QED) is 0.842. The molecule has 0 unspecified atom stereocenters. The second-order valence-electron chi connectivity index (χ2n) is 6.79. The van der Waals surface area contributed by atoms with Crippen LogP contribution in [-0.2, 0) is 4.79 Å². The lowest BCUT2D eigenvalue weighted by Gasteiger charge is -2.34. The second kappa shape index (κ2) is 8.16. The number of rotatable bonds is 4. The van der Waals surface area contributed by atoms with Gasteiger partial charge in [0.25, 0.3) is 0 Å². The number of nitriles is 1. The normalized spacial score (nSPS) is 23.5. The molecule has 1 aromatic carbocycles. The Bertz CT molecular complexity index is 715. The van der Waals surface area contributed by atoms with Gasteiger partial charge in [-0.05, 0) is 25.0 Å². The van der Waals surface area contributed by atoms with Gasteiger partial charge in [-0.1, -0.05) is 12.1 Å². The number of anilines is 1. The second-order valence-corrected chi connectivity index (χ2v) is 6.79. The van der Waals surface area contributed by atoms with Gasteiger partial charge in [-0.25, -0.2) is 9.24 Å². The Morgan fingerprint density at radius 2 is 2.04 bits per heavy atom. The predicted octanol–water partition coefficient (Wildman–Crippen LogP) is 2.26. The number of nitrogens with one attached hydrogen (secondary N) is 1. The van der Waals surface area contributed by atoms with Crippen molar-refractivity contribution in [3.63, 3.8) is 0 Å². The number of amides is 1. The van der Waals surface area contributed by atoms with Crippen molar-refractivity contribution in [1.82, 2.24) is 10.2 Å². The van der Waals surface area contributed by atoms with Crippen LogP contribution in [0.15, 0.2) is 24.3 Å². The maximum atomic E-state index is 13.4. The van der Waals surface area contributed by atoms with Gasteiger partial charge >= 0.3 is 0 Å². The van der Waals surface area contributed by atoms with Gasteiger partial charge in [-0.2, -0.15) is 5.26 Å². The van der Waals surface area contributed by atoms with Crippen molar-refractivity contribution in [2.24, 2.45) is 0 Å². The van der Waals surface area contributed by atoms with E-state index in [1.54, 1.807) is 0 Å². The van der Waals surface area contributed by atoms with Gasteiger partial charge in [0, 0.05) is 31.2 Å². The van der Waals surface area contributed by atoms with Crippen molar-refractivity contribution in [2.45, 2.75) is 37.5 Å². The molecule has 6 nitrogen and oxygen atoms in total. The van der Waals surface area contributed by atoms with E-state index >= 15 is 0 Å². The first-order valence-electron chi connectivity index (χ1n) is 8.89. The molecule has 2 aliphatic heterocycles. The van der Waals surface area contributed by atoms with E-state index in [4.69, 9.17) is 11.8 Å². The smallest absolute Gasteiger partial charge is 0.237 e. The molecule has 0 aliphatic carbocycles. The zero-order valence-electron chi connectivity index (χ0n) is 14.6. The lowest BCUT2D eigenvalue weighted by atomic mass is 10.0. The molecule has 2 saturated heterocycles. The van der Waals surface area contributed by atoms with E-state index in [0.717, 1.165) is 31.6 Å². The SMILES string of the molecule is [C-]#[N+]c1ccc(N2CCC(NCC(=O)N3C[C@@H](F)C[C@H]3C#N)CC2)cc1. The molecule has 0 saturated carbocycles. The van der Waals surface area contributed by atoms with Gasteiger partial charge in [-0.3, -0.25) is 4.79 Å². The molecule has 3 rings (SSSR count). The molecule has 0 aromatic heterocycles. The summed E-state index contributed by atoms with van der Waals surface area (Å²) in [6.07, 6.45) is 0.838. The van der Waals surface area contributed by atoms with Crippen molar-refractivity contribution in [3.05, 3.63) is 35.7 Å². The Labute approximate surface area is 153 Å². The first-order chi connectivity index (χ1) is 12.6. The third kappa shape index (κ3) is 4.12. The maximum Gasteiger partial charge on any atom is 0.237 e. The summed E-state index contributed by atoms with van der Waals surface area (Å²) in [5.74, 6) is -0.200. The minimum Gasteiger partial charge on any atom is -0.371 e. The number of piperidine rings is 1. The first-order valence-corrected chi connectivity index (χ1v) is 8.89. The van der Waals surface area contributed by atoms with Gasteiger partial charge in [0.05, 0.1) is 25.7 Å². The Kier molecular flexibility index (Phi) is 5.70. The lowest BCUT2D eigenvalue weighted by molar-refractivity contribution is -0.130. The topological polar surface area (TPSA) is 63.7 Å². The van der Waals surface area contributed by atoms with E-state index in [2.05, 4.69) is 15.1 Å². The van der Waals surface area contributed by atoms with E-state index in [0.29, 0.717) is 5.69 Å². The van der Waals surface area contributed by atoms with E-state index in [1.165, 1.54) is 4.90 Å². The van der Waals surface area contributed by atoms with Crippen molar-refractivity contribution >= 4 is 17.3 Å². The van der Waals surface area contributed by atoms with Gasteiger partial charge in [0.15, 0.2) is 5.69 Å². The van der Waals surface area contributed by atoms with Crippen LogP contribution in [0.5, 0.6) is 0 Å². The fraction of sp³-hybridized carbons (Fsp3) is 0.526. The van der Waals surface area contributed by atoms with Gasteiger partial charge < -0.3 is 15.1 Å². The van der Waals surface area contributed by atoms with Crippen LogP contribution in [0, 0.1) is 17.9 Å².